The summed E-state index contributed by atoms with van der Waals surface area (Å²) in [4.78, 5) is 0. The van der Waals surface area contributed by atoms with Gasteiger partial charge >= 0.3 is 0 Å². The summed E-state index contributed by atoms with van der Waals surface area (Å²) in [6.45, 7) is 3.80. The molecule has 1 N–H and O–H groups in total. The molecular weight excluding hydrogens is 234 g/mol. The van der Waals surface area contributed by atoms with E-state index in [0.717, 1.165) is 18.7 Å². The van der Waals surface area contributed by atoms with Crippen molar-refractivity contribution in [3.8, 4) is 16.9 Å². The third-order valence-electron chi connectivity index (χ3n) is 3.57. The van der Waals surface area contributed by atoms with Crippen LogP contribution in [-0.2, 0) is 6.42 Å². The van der Waals surface area contributed by atoms with Gasteiger partial charge in [0.1, 0.15) is 5.75 Å². The van der Waals surface area contributed by atoms with Gasteiger partial charge in [0.2, 0.25) is 0 Å². The lowest BCUT2D eigenvalue weighted by atomic mass is 9.93. The van der Waals surface area contributed by atoms with E-state index >= 15 is 0 Å². The summed E-state index contributed by atoms with van der Waals surface area (Å²) < 4.78 is 5.50. The molecule has 0 radical (unpaired) electrons. The number of anilines is 1. The molecule has 2 heteroatoms. The Balaban J connectivity index is 1.97. The van der Waals surface area contributed by atoms with Crippen LogP contribution in [0.3, 0.4) is 0 Å². The van der Waals surface area contributed by atoms with Crippen LogP contribution < -0.4 is 10.1 Å². The van der Waals surface area contributed by atoms with Crippen molar-refractivity contribution in [3.05, 3.63) is 48.0 Å². The van der Waals surface area contributed by atoms with Gasteiger partial charge in [-0.2, -0.15) is 0 Å². The summed E-state index contributed by atoms with van der Waals surface area (Å²) in [5.74, 6) is 0.939. The van der Waals surface area contributed by atoms with Crippen LogP contribution >= 0.6 is 0 Å². The topological polar surface area (TPSA) is 21.3 Å². The van der Waals surface area contributed by atoms with Crippen LogP contribution in [0.2, 0.25) is 0 Å². The van der Waals surface area contributed by atoms with Crippen molar-refractivity contribution in [1.29, 1.82) is 0 Å². The van der Waals surface area contributed by atoms with E-state index in [-0.39, 0.29) is 0 Å². The van der Waals surface area contributed by atoms with E-state index < -0.39 is 0 Å². The predicted molar refractivity (Wildman–Crippen MR) is 79.9 cm³/mol. The maximum Gasteiger partial charge on any atom is 0.119 e. The monoisotopic (exact) mass is 253 g/mol. The van der Waals surface area contributed by atoms with E-state index in [1.165, 1.54) is 28.8 Å². The van der Waals surface area contributed by atoms with Crippen molar-refractivity contribution in [2.45, 2.75) is 19.8 Å². The number of ether oxygens (including phenoxy) is 1. The minimum Gasteiger partial charge on any atom is -0.494 e. The first kappa shape index (κ1) is 12.1. The second kappa shape index (κ2) is 5.35. The van der Waals surface area contributed by atoms with Crippen molar-refractivity contribution < 1.29 is 4.74 Å². The third kappa shape index (κ3) is 2.43. The van der Waals surface area contributed by atoms with E-state index in [4.69, 9.17) is 4.74 Å². The average Bonchev–Trinajstić information content (AvgIpc) is 2.48. The Morgan fingerprint density at radius 3 is 2.74 bits per heavy atom. The molecule has 0 aromatic heterocycles. The van der Waals surface area contributed by atoms with Crippen molar-refractivity contribution in [2.75, 3.05) is 18.5 Å². The fourth-order valence-electron chi connectivity index (χ4n) is 2.68. The molecule has 1 aliphatic heterocycles. The number of hydrogen-bond acceptors (Lipinski definition) is 2. The van der Waals surface area contributed by atoms with Crippen molar-refractivity contribution in [1.82, 2.24) is 0 Å². The predicted octanol–water partition coefficient (Wildman–Crippen LogP) is 4.11. The number of benzene rings is 2. The Bertz CT molecular complexity index is 560. The van der Waals surface area contributed by atoms with Crippen LogP contribution in [0.25, 0.3) is 11.1 Å². The summed E-state index contributed by atoms with van der Waals surface area (Å²) >= 11 is 0. The van der Waals surface area contributed by atoms with Gasteiger partial charge in [-0.3, -0.25) is 0 Å². The molecule has 0 saturated carbocycles. The van der Waals surface area contributed by atoms with Gasteiger partial charge < -0.3 is 10.1 Å². The van der Waals surface area contributed by atoms with Crippen LogP contribution in [0.5, 0.6) is 5.75 Å². The van der Waals surface area contributed by atoms with Gasteiger partial charge in [-0.15, -0.1) is 0 Å². The highest BCUT2D eigenvalue weighted by Crippen LogP contribution is 2.33. The quantitative estimate of drug-likeness (QED) is 0.888. The number of hydrogen-bond donors (Lipinski definition) is 1. The molecule has 0 bridgehead atoms. The molecule has 1 aliphatic rings. The Labute approximate surface area is 114 Å². The van der Waals surface area contributed by atoms with E-state index in [2.05, 4.69) is 47.8 Å². The molecule has 0 amide bonds. The lowest BCUT2D eigenvalue weighted by Gasteiger charge is -2.21. The van der Waals surface area contributed by atoms with Gasteiger partial charge in [0.05, 0.1) is 6.61 Å². The van der Waals surface area contributed by atoms with Gasteiger partial charge in [0.25, 0.3) is 0 Å². The lowest BCUT2D eigenvalue weighted by molar-refractivity contribution is 0.340. The zero-order valence-corrected chi connectivity index (χ0v) is 11.3. The summed E-state index contributed by atoms with van der Waals surface area (Å²) in [6.07, 6.45) is 2.37. The highest BCUT2D eigenvalue weighted by Gasteiger charge is 2.13. The first-order chi connectivity index (χ1) is 9.38. The van der Waals surface area contributed by atoms with Gasteiger partial charge in [0, 0.05) is 12.2 Å². The van der Waals surface area contributed by atoms with E-state index in [0.29, 0.717) is 6.61 Å². The van der Waals surface area contributed by atoms with E-state index in [1.807, 2.05) is 6.92 Å². The van der Waals surface area contributed by atoms with Gasteiger partial charge in [-0.1, -0.05) is 24.3 Å². The lowest BCUT2D eigenvalue weighted by Crippen LogP contribution is -2.12. The Kier molecular flexibility index (Phi) is 3.41. The summed E-state index contributed by atoms with van der Waals surface area (Å²) in [5, 5.41) is 3.48. The first-order valence-corrected chi connectivity index (χ1v) is 6.97. The van der Waals surface area contributed by atoms with Gasteiger partial charge in [0.15, 0.2) is 0 Å². The second-order valence-electron chi connectivity index (χ2n) is 4.82. The number of nitrogens with one attached hydrogen (secondary N) is 1. The van der Waals surface area contributed by atoms with Crippen LogP contribution in [0.15, 0.2) is 42.5 Å². The molecular formula is C17H19NO. The first-order valence-electron chi connectivity index (χ1n) is 6.97. The highest BCUT2D eigenvalue weighted by atomic mass is 16.5. The minimum atomic E-state index is 0.712. The zero-order chi connectivity index (χ0) is 13.1. The molecule has 98 valence electrons. The molecule has 2 aromatic carbocycles. The van der Waals surface area contributed by atoms with Gasteiger partial charge in [-0.25, -0.2) is 0 Å². The van der Waals surface area contributed by atoms with Crippen LogP contribution in [0.4, 0.5) is 5.69 Å². The molecule has 3 rings (SSSR count). The largest absolute Gasteiger partial charge is 0.494 e. The fourth-order valence-corrected chi connectivity index (χ4v) is 2.68. The van der Waals surface area contributed by atoms with Crippen molar-refractivity contribution in [3.63, 3.8) is 0 Å². The molecule has 0 atom stereocenters. The molecule has 0 spiro atoms. The number of rotatable bonds is 3. The Hall–Kier alpha value is -1.96. The van der Waals surface area contributed by atoms with Crippen molar-refractivity contribution in [2.24, 2.45) is 0 Å². The minimum absolute atomic E-state index is 0.712. The van der Waals surface area contributed by atoms with Crippen LogP contribution in [-0.4, -0.2) is 13.2 Å². The molecule has 0 fully saturated rings. The fraction of sp³-hybridized carbons (Fsp3) is 0.294. The molecule has 0 saturated heterocycles. The Morgan fingerprint density at radius 2 is 1.95 bits per heavy atom. The van der Waals surface area contributed by atoms with Crippen LogP contribution in [0.1, 0.15) is 18.9 Å². The van der Waals surface area contributed by atoms with Crippen LogP contribution in [0, 0.1) is 0 Å². The molecule has 2 nitrogen and oxygen atoms in total. The molecule has 2 aromatic rings. The molecule has 19 heavy (non-hydrogen) atoms. The maximum atomic E-state index is 5.50. The SMILES string of the molecule is CCOc1ccc(-c2cccc3c2CCCN3)cc1. The van der Waals surface area contributed by atoms with E-state index in [1.54, 1.807) is 0 Å². The second-order valence-corrected chi connectivity index (χ2v) is 4.82. The van der Waals surface area contributed by atoms with E-state index in [9.17, 15) is 0 Å². The Morgan fingerprint density at radius 1 is 1.11 bits per heavy atom. The molecule has 0 aliphatic carbocycles. The molecule has 1 heterocycles. The van der Waals surface area contributed by atoms with Gasteiger partial charge in [-0.05, 0) is 54.7 Å². The summed E-state index contributed by atoms with van der Waals surface area (Å²) in [6, 6.07) is 14.9. The average molecular weight is 253 g/mol. The summed E-state index contributed by atoms with van der Waals surface area (Å²) in [5.41, 5.74) is 5.34. The standard InChI is InChI=1S/C17H19NO/c1-2-19-14-10-8-13(9-11-14)15-5-3-7-17-16(15)6-4-12-18-17/h3,5,7-11,18H,2,4,6,12H2,1H3. The molecule has 0 unspecified atom stereocenters. The van der Waals surface area contributed by atoms with Crippen molar-refractivity contribution >= 4 is 5.69 Å². The number of fused-ring (bicyclic) bond motifs is 1. The zero-order valence-electron chi connectivity index (χ0n) is 11.3. The smallest absolute Gasteiger partial charge is 0.119 e. The summed E-state index contributed by atoms with van der Waals surface area (Å²) in [7, 11) is 0. The normalized spacial score (nSPS) is 13.5. The highest BCUT2D eigenvalue weighted by molar-refractivity contribution is 5.75. The third-order valence-corrected chi connectivity index (χ3v) is 3.57. The maximum absolute atomic E-state index is 5.50.